The maximum atomic E-state index is 11.8. The number of aryl methyl sites for hydroxylation is 1. The third kappa shape index (κ3) is 5.02. The number of carbonyl (C=O) groups excluding carboxylic acids is 1. The monoisotopic (exact) mass is 313 g/mol. The molecule has 2 N–H and O–H groups in total. The van der Waals surface area contributed by atoms with Crippen LogP contribution in [0.1, 0.15) is 26.3 Å². The summed E-state index contributed by atoms with van der Waals surface area (Å²) in [7, 11) is 0. The number of ether oxygens (including phenoxy) is 2. The van der Waals surface area contributed by atoms with Crippen LogP contribution < -0.4 is 10.5 Å². The molecule has 0 fully saturated rings. The second kappa shape index (κ2) is 6.73. The molecular weight excluding hydrogens is 290 g/mol. The minimum absolute atomic E-state index is 0.139. The normalized spacial score (nSPS) is 11.1. The van der Waals surface area contributed by atoms with Crippen LogP contribution in [0.4, 0.5) is 5.69 Å². The number of nitrogens with two attached hydrogens (primary N) is 1. The highest BCUT2D eigenvalue weighted by atomic mass is 16.6. The minimum Gasteiger partial charge on any atom is -0.481 e. The summed E-state index contributed by atoms with van der Waals surface area (Å²) in [6.45, 7) is 7.36. The topological polar surface area (TPSA) is 61.5 Å². The third-order valence-electron chi connectivity index (χ3n) is 3.10. The lowest BCUT2D eigenvalue weighted by Gasteiger charge is -2.20. The molecule has 0 heterocycles. The molecule has 0 aliphatic heterocycles. The summed E-state index contributed by atoms with van der Waals surface area (Å²) in [5.41, 5.74) is 9.01. The largest absolute Gasteiger partial charge is 0.481 e. The van der Waals surface area contributed by atoms with Crippen molar-refractivity contribution in [3.05, 3.63) is 48.0 Å². The summed E-state index contributed by atoms with van der Waals surface area (Å²) >= 11 is 0. The first-order valence-electron chi connectivity index (χ1n) is 7.56. The van der Waals surface area contributed by atoms with Crippen LogP contribution in [-0.4, -0.2) is 18.2 Å². The Labute approximate surface area is 137 Å². The molecule has 0 aromatic heterocycles. The van der Waals surface area contributed by atoms with Gasteiger partial charge in [0.25, 0.3) is 0 Å². The highest BCUT2D eigenvalue weighted by Crippen LogP contribution is 2.32. The van der Waals surface area contributed by atoms with E-state index >= 15 is 0 Å². The Hall–Kier alpha value is -2.49. The number of benzene rings is 2. The predicted octanol–water partition coefficient (Wildman–Crippen LogP) is 3.96. The molecule has 0 amide bonds. The summed E-state index contributed by atoms with van der Waals surface area (Å²) in [4.78, 5) is 11.8. The maximum Gasteiger partial charge on any atom is 0.344 e. The molecule has 4 heteroatoms. The molecule has 0 radical (unpaired) electrons. The molecule has 0 aliphatic rings. The zero-order chi connectivity index (χ0) is 17.0. The molecule has 0 aliphatic carbocycles. The Kier molecular flexibility index (Phi) is 4.94. The van der Waals surface area contributed by atoms with E-state index in [1.54, 1.807) is 12.1 Å². The number of carbonyl (C=O) groups is 1. The first kappa shape index (κ1) is 16.9. The van der Waals surface area contributed by atoms with E-state index in [0.29, 0.717) is 11.4 Å². The quantitative estimate of drug-likeness (QED) is 0.685. The summed E-state index contributed by atoms with van der Waals surface area (Å²) in [5, 5.41) is 0. The van der Waals surface area contributed by atoms with Gasteiger partial charge in [0.2, 0.25) is 0 Å². The van der Waals surface area contributed by atoms with Crippen molar-refractivity contribution in [2.75, 3.05) is 12.3 Å². The SMILES string of the molecule is Cc1cccc(-c2cc(N)ccc2OCC(=O)OC(C)(C)C)c1. The lowest BCUT2D eigenvalue weighted by atomic mass is 10.0. The van der Waals surface area contributed by atoms with Gasteiger partial charge in [-0.25, -0.2) is 4.79 Å². The number of hydrogen-bond donors (Lipinski definition) is 1. The number of hydrogen-bond acceptors (Lipinski definition) is 4. The van der Waals surface area contributed by atoms with E-state index in [1.165, 1.54) is 0 Å². The van der Waals surface area contributed by atoms with E-state index in [4.69, 9.17) is 15.2 Å². The molecule has 2 aromatic carbocycles. The standard InChI is InChI=1S/C19H23NO3/c1-13-6-5-7-14(10-13)16-11-15(20)8-9-17(16)22-12-18(21)23-19(2,3)4/h5-11H,12,20H2,1-4H3. The van der Waals surface area contributed by atoms with Crippen molar-refractivity contribution in [2.45, 2.75) is 33.3 Å². The number of rotatable bonds is 4. The minimum atomic E-state index is -0.527. The predicted molar refractivity (Wildman–Crippen MR) is 92.4 cm³/mol. The van der Waals surface area contributed by atoms with Gasteiger partial charge < -0.3 is 15.2 Å². The first-order chi connectivity index (χ1) is 10.7. The zero-order valence-corrected chi connectivity index (χ0v) is 14.1. The van der Waals surface area contributed by atoms with Gasteiger partial charge >= 0.3 is 5.97 Å². The summed E-state index contributed by atoms with van der Waals surface area (Å²) in [6.07, 6.45) is 0. The van der Waals surface area contributed by atoms with Gasteiger partial charge in [-0.2, -0.15) is 0 Å². The van der Waals surface area contributed by atoms with Gasteiger partial charge in [-0.15, -0.1) is 0 Å². The van der Waals surface area contributed by atoms with Gasteiger partial charge in [0.15, 0.2) is 6.61 Å². The summed E-state index contributed by atoms with van der Waals surface area (Å²) in [6, 6.07) is 13.4. The highest BCUT2D eigenvalue weighted by Gasteiger charge is 2.17. The van der Waals surface area contributed by atoms with Crippen LogP contribution in [0.15, 0.2) is 42.5 Å². The molecule has 4 nitrogen and oxygen atoms in total. The second-order valence-corrected chi connectivity index (χ2v) is 6.50. The molecular formula is C19H23NO3. The van der Waals surface area contributed by atoms with Crippen LogP contribution in [-0.2, 0) is 9.53 Å². The Morgan fingerprint density at radius 2 is 1.87 bits per heavy atom. The Bertz CT molecular complexity index is 702. The molecule has 0 bridgehead atoms. The van der Waals surface area contributed by atoms with E-state index in [9.17, 15) is 4.79 Å². The first-order valence-corrected chi connectivity index (χ1v) is 7.56. The fourth-order valence-electron chi connectivity index (χ4n) is 2.22. The van der Waals surface area contributed by atoms with Gasteiger partial charge in [0, 0.05) is 11.3 Å². The van der Waals surface area contributed by atoms with Gasteiger partial charge in [0.1, 0.15) is 11.4 Å². The smallest absolute Gasteiger partial charge is 0.344 e. The summed E-state index contributed by atoms with van der Waals surface area (Å²) in [5.74, 6) is 0.208. The second-order valence-electron chi connectivity index (χ2n) is 6.50. The summed E-state index contributed by atoms with van der Waals surface area (Å²) < 4.78 is 10.9. The van der Waals surface area contributed by atoms with Crippen molar-refractivity contribution in [1.29, 1.82) is 0 Å². The lowest BCUT2D eigenvalue weighted by molar-refractivity contribution is -0.157. The van der Waals surface area contributed by atoms with Crippen molar-refractivity contribution in [3.8, 4) is 16.9 Å². The van der Waals surface area contributed by atoms with Gasteiger partial charge in [-0.05, 0) is 51.5 Å². The maximum absolute atomic E-state index is 11.8. The van der Waals surface area contributed by atoms with Crippen LogP contribution in [0, 0.1) is 6.92 Å². The number of anilines is 1. The number of nitrogen functional groups attached to an aromatic ring is 1. The van der Waals surface area contributed by atoms with E-state index < -0.39 is 11.6 Å². The number of esters is 1. The van der Waals surface area contributed by atoms with Crippen molar-refractivity contribution in [1.82, 2.24) is 0 Å². The van der Waals surface area contributed by atoms with E-state index in [-0.39, 0.29) is 6.61 Å². The fraction of sp³-hybridized carbons (Fsp3) is 0.316. The van der Waals surface area contributed by atoms with E-state index in [1.807, 2.05) is 52.0 Å². The van der Waals surface area contributed by atoms with Crippen molar-refractivity contribution in [3.63, 3.8) is 0 Å². The Morgan fingerprint density at radius 3 is 2.52 bits per heavy atom. The van der Waals surface area contributed by atoms with E-state index in [2.05, 4.69) is 6.07 Å². The van der Waals surface area contributed by atoms with Crippen LogP contribution in [0.2, 0.25) is 0 Å². The Balaban J connectivity index is 2.21. The highest BCUT2D eigenvalue weighted by molar-refractivity contribution is 5.76. The van der Waals surface area contributed by atoms with E-state index in [0.717, 1.165) is 16.7 Å². The van der Waals surface area contributed by atoms with Crippen LogP contribution >= 0.6 is 0 Å². The average molecular weight is 313 g/mol. The van der Waals surface area contributed by atoms with Gasteiger partial charge in [-0.3, -0.25) is 0 Å². The van der Waals surface area contributed by atoms with Gasteiger partial charge in [0.05, 0.1) is 0 Å². The zero-order valence-electron chi connectivity index (χ0n) is 14.1. The van der Waals surface area contributed by atoms with Crippen LogP contribution in [0.25, 0.3) is 11.1 Å². The molecule has 122 valence electrons. The van der Waals surface area contributed by atoms with Crippen LogP contribution in [0.5, 0.6) is 5.75 Å². The van der Waals surface area contributed by atoms with Crippen molar-refractivity contribution >= 4 is 11.7 Å². The molecule has 0 saturated heterocycles. The van der Waals surface area contributed by atoms with Crippen molar-refractivity contribution < 1.29 is 14.3 Å². The average Bonchev–Trinajstić information content (AvgIpc) is 2.44. The molecule has 0 spiro atoms. The fourth-order valence-corrected chi connectivity index (χ4v) is 2.22. The molecule has 23 heavy (non-hydrogen) atoms. The molecule has 0 saturated carbocycles. The molecule has 2 rings (SSSR count). The lowest BCUT2D eigenvalue weighted by Crippen LogP contribution is -2.27. The van der Waals surface area contributed by atoms with Crippen LogP contribution in [0.3, 0.4) is 0 Å². The molecule has 0 unspecified atom stereocenters. The molecule has 0 atom stereocenters. The van der Waals surface area contributed by atoms with Crippen molar-refractivity contribution in [2.24, 2.45) is 0 Å². The molecule has 2 aromatic rings. The van der Waals surface area contributed by atoms with Gasteiger partial charge in [-0.1, -0.05) is 29.8 Å². The Morgan fingerprint density at radius 1 is 1.13 bits per heavy atom. The third-order valence-corrected chi connectivity index (χ3v) is 3.10.